The molecule has 39 nitrogen and oxygen atoms in total. The number of benzene rings is 1. The van der Waals surface area contributed by atoms with Crippen LogP contribution < -0.4 is 129 Å². The number of carbonyl (C=O) groups is 9. The first kappa shape index (κ1) is 84.0. The number of carbonyl (C=O) groups excluding carboxylic acids is 8. The molecule has 540 valence electrons. The average Bonchev–Trinajstić information content (AvgIpc) is 2.63. The van der Waals surface area contributed by atoms with Crippen LogP contribution in [0.5, 0.6) is 0 Å². The molecular formula is C57H107N29O10. The first-order chi connectivity index (χ1) is 45.6. The number of rotatable bonds is 51. The number of nitrogens with one attached hydrogen (secondary N) is 8. The maximum absolute atomic E-state index is 14.9. The smallest absolute Gasteiger partial charge is 0.326 e. The second-order valence-corrected chi connectivity index (χ2v) is 22.4. The summed E-state index contributed by atoms with van der Waals surface area (Å²) in [6.07, 6.45) is 1.95. The summed E-state index contributed by atoms with van der Waals surface area (Å²) in [7, 11) is 0. The van der Waals surface area contributed by atoms with Crippen LogP contribution in [0.15, 0.2) is 60.3 Å². The van der Waals surface area contributed by atoms with Gasteiger partial charge in [-0.3, -0.25) is 68.3 Å². The SMILES string of the molecule is NCCCC[C@H](NC(=O)[C@H](CCCCN)NC(=O)[C@@H](N)CCCN=C(N)N)C(=O)N[C@@H](CCCN=C(N)N)C(=O)N[C@H](CCCN=C(N)N)C(=O)N[C@@H](Cc1ccccc1)C(=O)N[C@@H](CCCN=C(N)N)C(=O)N[C@@H](CCCN=C(N)N)C(=O)N[C@H](CCCN=C(N)N)C(=O)O. The third kappa shape index (κ3) is 38.8. The van der Waals surface area contributed by atoms with E-state index in [1.54, 1.807) is 30.3 Å². The van der Waals surface area contributed by atoms with Crippen molar-refractivity contribution in [2.75, 3.05) is 52.4 Å². The van der Waals surface area contributed by atoms with Gasteiger partial charge in [0.1, 0.15) is 48.3 Å². The molecule has 0 aliphatic carbocycles. The Labute approximate surface area is 558 Å². The average molecular weight is 1360 g/mol. The summed E-state index contributed by atoms with van der Waals surface area (Å²) in [6, 6.07) is -3.92. The van der Waals surface area contributed by atoms with Crippen molar-refractivity contribution in [3.8, 4) is 0 Å². The quantitative estimate of drug-likeness (QED) is 0.0164. The molecule has 39 N–H and O–H groups in total. The number of hydrogen-bond donors (Lipinski definition) is 24. The van der Waals surface area contributed by atoms with Gasteiger partial charge in [0.15, 0.2) is 35.8 Å². The van der Waals surface area contributed by atoms with Gasteiger partial charge in [0.05, 0.1) is 6.04 Å². The van der Waals surface area contributed by atoms with E-state index in [-0.39, 0.29) is 171 Å². The number of carboxylic acid groups (broad SMARTS) is 1. The Morgan fingerprint density at radius 1 is 0.312 bits per heavy atom. The summed E-state index contributed by atoms with van der Waals surface area (Å²) in [5.74, 6) is -9.55. The van der Waals surface area contributed by atoms with E-state index in [1.165, 1.54) is 0 Å². The molecule has 1 aromatic carbocycles. The van der Waals surface area contributed by atoms with Gasteiger partial charge in [-0.05, 0) is 134 Å². The van der Waals surface area contributed by atoms with Crippen molar-refractivity contribution in [2.24, 2.45) is 116 Å². The molecule has 1 aromatic rings. The molecule has 8 amide bonds. The Hall–Kier alpha value is -10.0. The van der Waals surface area contributed by atoms with Gasteiger partial charge in [-0.1, -0.05) is 30.3 Å². The van der Waals surface area contributed by atoms with Crippen LogP contribution in [0.25, 0.3) is 0 Å². The van der Waals surface area contributed by atoms with Gasteiger partial charge in [-0.25, -0.2) is 4.79 Å². The van der Waals surface area contributed by atoms with Crippen molar-refractivity contribution in [2.45, 2.75) is 176 Å². The fourth-order valence-electron chi connectivity index (χ4n) is 9.27. The van der Waals surface area contributed by atoms with E-state index in [0.717, 1.165) is 0 Å². The first-order valence-electron chi connectivity index (χ1n) is 31.8. The van der Waals surface area contributed by atoms with Crippen LogP contribution in [-0.2, 0) is 49.6 Å². The number of amides is 8. The number of nitrogens with zero attached hydrogens (tertiary/aromatic N) is 6. The third-order valence-electron chi connectivity index (χ3n) is 14.3. The fourth-order valence-corrected chi connectivity index (χ4v) is 9.27. The number of nitrogens with two attached hydrogens (primary N) is 15. The van der Waals surface area contributed by atoms with E-state index < -0.39 is 108 Å². The lowest BCUT2D eigenvalue weighted by molar-refractivity contribution is -0.142. The molecular weight excluding hydrogens is 1250 g/mol. The van der Waals surface area contributed by atoms with Crippen LogP contribution in [0, 0.1) is 0 Å². The number of unbranched alkanes of at least 4 members (excludes halogenated alkanes) is 2. The molecule has 1 rings (SSSR count). The molecule has 0 saturated carbocycles. The summed E-state index contributed by atoms with van der Waals surface area (Å²) in [5, 5.41) is 31.4. The van der Waals surface area contributed by atoms with Crippen LogP contribution in [-0.4, -0.2) is 201 Å². The van der Waals surface area contributed by atoms with Crippen LogP contribution in [0.3, 0.4) is 0 Å². The summed E-state index contributed by atoms with van der Waals surface area (Å²) in [5.41, 5.74) is 84.6. The third-order valence-corrected chi connectivity index (χ3v) is 14.3. The highest BCUT2D eigenvalue weighted by atomic mass is 16.4. The minimum atomic E-state index is -1.51. The van der Waals surface area contributed by atoms with Crippen molar-refractivity contribution < 1.29 is 48.3 Å². The molecule has 0 fully saturated rings. The summed E-state index contributed by atoms with van der Waals surface area (Å²) < 4.78 is 0. The van der Waals surface area contributed by atoms with Gasteiger partial charge < -0.3 is 134 Å². The fraction of sp³-hybridized carbons (Fsp3) is 0.632. The van der Waals surface area contributed by atoms with Gasteiger partial charge in [0.25, 0.3) is 0 Å². The molecule has 0 bridgehead atoms. The highest BCUT2D eigenvalue weighted by Crippen LogP contribution is 2.13. The Balaban J connectivity index is 3.91. The summed E-state index contributed by atoms with van der Waals surface area (Å²) in [4.78, 5) is 151. The van der Waals surface area contributed by atoms with Gasteiger partial charge in [-0.15, -0.1) is 0 Å². The van der Waals surface area contributed by atoms with Gasteiger partial charge in [0, 0.05) is 45.7 Å². The highest BCUT2D eigenvalue weighted by Gasteiger charge is 2.35. The Morgan fingerprint density at radius 2 is 0.542 bits per heavy atom. The minimum Gasteiger partial charge on any atom is -0.480 e. The van der Waals surface area contributed by atoms with Crippen molar-refractivity contribution in [1.29, 1.82) is 0 Å². The normalized spacial score (nSPS) is 13.6. The van der Waals surface area contributed by atoms with Crippen LogP contribution in [0.1, 0.15) is 121 Å². The number of hydrogen-bond acceptors (Lipinski definition) is 18. The van der Waals surface area contributed by atoms with E-state index in [4.69, 9.17) is 86.0 Å². The maximum Gasteiger partial charge on any atom is 0.326 e. The van der Waals surface area contributed by atoms with Crippen LogP contribution in [0.2, 0.25) is 0 Å². The van der Waals surface area contributed by atoms with Crippen molar-refractivity contribution >= 4 is 89.0 Å². The predicted molar refractivity (Wildman–Crippen MR) is 366 cm³/mol. The van der Waals surface area contributed by atoms with Crippen LogP contribution in [0.4, 0.5) is 0 Å². The van der Waals surface area contributed by atoms with Crippen molar-refractivity contribution in [3.63, 3.8) is 0 Å². The molecule has 9 atom stereocenters. The standard InChI is InChI=1S/C57H107N29O10/c58-24-6-4-17-35(79-43(87)34(60)16-8-26-73-52(61)62)44(88)80-36(18-5-7-25-59)45(89)81-37(19-9-27-74-53(63)64)46(90)83-40(22-12-30-77-56(69)70)49(93)86-42(32-33-14-2-1-3-15-33)50(94)84-38(20-10-28-75-54(65)66)47(91)82-39(21-11-29-76-55(67)68)48(92)85-41(51(95)96)23-13-31-78-57(71)72/h1-3,14-15,34-42H,4-13,16-32,58-60H2,(H,79,87)(H,80,88)(H,81,89)(H,82,91)(H,83,90)(H,84,94)(H,85,92)(H,86,93)(H,95,96)(H4,61,62,73)(H4,63,64,74)(H4,65,66,75)(H4,67,68,76)(H4,69,70,77)(H4,71,72,78)/t34-,35-,36-,37-,38-,39-,40+,41+,42-/m0/s1. The molecule has 0 saturated heterocycles. The maximum atomic E-state index is 14.9. The molecule has 0 aliphatic rings. The zero-order valence-electron chi connectivity index (χ0n) is 54.6. The summed E-state index contributed by atoms with van der Waals surface area (Å²) in [6.45, 7) is 0.739. The number of guanidine groups is 6. The zero-order valence-corrected chi connectivity index (χ0v) is 54.6. The largest absolute Gasteiger partial charge is 0.480 e. The number of carboxylic acids is 1. The van der Waals surface area contributed by atoms with E-state index >= 15 is 0 Å². The van der Waals surface area contributed by atoms with E-state index in [1.807, 2.05) is 0 Å². The second-order valence-electron chi connectivity index (χ2n) is 22.4. The molecule has 0 heterocycles. The highest BCUT2D eigenvalue weighted by molar-refractivity contribution is 5.98. The molecule has 96 heavy (non-hydrogen) atoms. The Bertz CT molecular complexity index is 2750. The lowest BCUT2D eigenvalue weighted by Crippen LogP contribution is -2.60. The molecule has 0 radical (unpaired) electrons. The second kappa shape index (κ2) is 48.6. The van der Waals surface area contributed by atoms with Crippen LogP contribution >= 0.6 is 0 Å². The first-order valence-corrected chi connectivity index (χ1v) is 31.8. The Morgan fingerprint density at radius 3 is 0.812 bits per heavy atom. The van der Waals surface area contributed by atoms with Crippen molar-refractivity contribution in [1.82, 2.24) is 42.5 Å². The molecule has 0 spiro atoms. The minimum absolute atomic E-state index is 0.00568. The molecule has 0 unspecified atom stereocenters. The van der Waals surface area contributed by atoms with Gasteiger partial charge in [-0.2, -0.15) is 0 Å². The molecule has 39 heteroatoms. The predicted octanol–water partition coefficient (Wildman–Crippen LogP) is -8.90. The zero-order chi connectivity index (χ0) is 72.0. The molecule has 0 aromatic heterocycles. The lowest BCUT2D eigenvalue weighted by atomic mass is 10.0. The van der Waals surface area contributed by atoms with Crippen molar-refractivity contribution in [3.05, 3.63) is 35.9 Å². The lowest BCUT2D eigenvalue weighted by Gasteiger charge is -2.28. The Kier molecular flexibility index (Phi) is 42.5. The number of aliphatic carboxylic acids is 1. The monoisotopic (exact) mass is 1360 g/mol. The van der Waals surface area contributed by atoms with Gasteiger partial charge >= 0.3 is 5.97 Å². The van der Waals surface area contributed by atoms with E-state index in [0.29, 0.717) is 44.2 Å². The topological polar surface area (TPSA) is 735 Å². The molecule has 0 aliphatic heterocycles. The van der Waals surface area contributed by atoms with Gasteiger partial charge in [0.2, 0.25) is 47.3 Å². The van der Waals surface area contributed by atoms with E-state index in [9.17, 15) is 48.3 Å². The summed E-state index contributed by atoms with van der Waals surface area (Å²) >= 11 is 0. The number of aliphatic imine (C=N–C) groups is 6. The van der Waals surface area contributed by atoms with E-state index in [2.05, 4.69) is 72.5 Å².